The van der Waals surface area contributed by atoms with Crippen LogP contribution in [0.25, 0.3) is 21.3 Å². The molecule has 1 unspecified atom stereocenters. The fraction of sp³-hybridized carbons (Fsp3) is 0.480. The van der Waals surface area contributed by atoms with Gasteiger partial charge >= 0.3 is 0 Å². The molecule has 0 bridgehead atoms. The van der Waals surface area contributed by atoms with Gasteiger partial charge in [-0.15, -0.1) is 16.8 Å². The third kappa shape index (κ3) is 4.11. The van der Waals surface area contributed by atoms with E-state index in [0.717, 1.165) is 53.1 Å². The molecule has 186 valence electrons. The lowest BCUT2D eigenvalue weighted by Crippen LogP contribution is -2.54. The van der Waals surface area contributed by atoms with E-state index in [-0.39, 0.29) is 5.66 Å². The van der Waals surface area contributed by atoms with Crippen molar-refractivity contribution in [1.29, 1.82) is 0 Å². The summed E-state index contributed by atoms with van der Waals surface area (Å²) in [5.41, 5.74) is 5.65. The van der Waals surface area contributed by atoms with Crippen LogP contribution in [0.1, 0.15) is 40.5 Å². The van der Waals surface area contributed by atoms with Crippen molar-refractivity contribution in [3.63, 3.8) is 0 Å². The van der Waals surface area contributed by atoms with Gasteiger partial charge in [0.25, 0.3) is 0 Å². The van der Waals surface area contributed by atoms with Gasteiger partial charge in [-0.3, -0.25) is 0 Å². The average molecular weight is 514 g/mol. The highest BCUT2D eigenvalue weighted by molar-refractivity contribution is 7.92. The number of fused-ring (bicyclic) bond motifs is 1. The van der Waals surface area contributed by atoms with E-state index in [4.69, 9.17) is 4.84 Å². The fourth-order valence-corrected chi connectivity index (χ4v) is 7.19. The Bertz CT molecular complexity index is 1340. The van der Waals surface area contributed by atoms with Crippen LogP contribution in [0.15, 0.2) is 45.9 Å². The Morgan fingerprint density at radius 2 is 1.83 bits per heavy atom. The van der Waals surface area contributed by atoms with Crippen LogP contribution in [0.3, 0.4) is 0 Å². The molecule has 2 aromatic heterocycles. The van der Waals surface area contributed by atoms with Crippen LogP contribution in [0.2, 0.25) is 0 Å². The summed E-state index contributed by atoms with van der Waals surface area (Å²) in [7, 11) is -3.30. The zero-order valence-electron chi connectivity index (χ0n) is 20.4. The molecule has 35 heavy (non-hydrogen) atoms. The smallest absolute Gasteiger partial charge is 0.198 e. The molecule has 0 saturated carbocycles. The van der Waals surface area contributed by atoms with Gasteiger partial charge in [-0.25, -0.2) is 23.4 Å². The Hall–Kier alpha value is -2.56. The number of aliphatic imine (C=N–C) groups is 1. The molecule has 0 amide bonds. The van der Waals surface area contributed by atoms with Crippen LogP contribution in [-0.2, 0) is 14.7 Å². The van der Waals surface area contributed by atoms with Gasteiger partial charge in [0.15, 0.2) is 21.9 Å². The molecule has 1 saturated heterocycles. The molecule has 4 heterocycles. The van der Waals surface area contributed by atoms with Gasteiger partial charge in [0, 0.05) is 30.0 Å². The largest absolute Gasteiger partial charge is 0.394 e. The Balaban J connectivity index is 1.39. The van der Waals surface area contributed by atoms with Crippen molar-refractivity contribution in [2.45, 2.75) is 56.3 Å². The van der Waals surface area contributed by atoms with Gasteiger partial charge in [0.1, 0.15) is 12.1 Å². The predicted molar refractivity (Wildman–Crippen MR) is 140 cm³/mol. The number of thiophene rings is 1. The van der Waals surface area contributed by atoms with E-state index in [9.17, 15) is 8.42 Å². The monoisotopic (exact) mass is 513 g/mol. The highest BCUT2D eigenvalue weighted by Gasteiger charge is 2.45. The maximum Gasteiger partial charge on any atom is 0.198 e. The van der Waals surface area contributed by atoms with Crippen LogP contribution >= 0.6 is 11.3 Å². The molecular weight excluding hydrogens is 482 g/mol. The molecule has 0 radical (unpaired) electrons. The summed E-state index contributed by atoms with van der Waals surface area (Å²) < 4.78 is 26.0. The number of benzene rings is 1. The maximum absolute atomic E-state index is 12.5. The van der Waals surface area contributed by atoms with Crippen LogP contribution in [0.5, 0.6) is 0 Å². The van der Waals surface area contributed by atoms with Gasteiger partial charge in [-0.2, -0.15) is 0 Å². The number of piperidine rings is 1. The molecule has 1 aromatic carbocycles. The lowest BCUT2D eigenvalue weighted by atomic mass is 9.78. The van der Waals surface area contributed by atoms with Gasteiger partial charge in [0.2, 0.25) is 0 Å². The fourth-order valence-electron chi connectivity index (χ4n) is 5.08. The number of hydrogen-bond donors (Lipinski definition) is 1. The van der Waals surface area contributed by atoms with Crippen LogP contribution in [-0.4, -0.2) is 48.8 Å². The van der Waals surface area contributed by atoms with Gasteiger partial charge in [-0.05, 0) is 50.3 Å². The van der Waals surface area contributed by atoms with E-state index in [2.05, 4.69) is 44.6 Å². The highest BCUT2D eigenvalue weighted by Crippen LogP contribution is 2.41. The SMILES string of the molecule is CC(C)C1(C2CCN(c3ncnc4c(-c5ccc(S(=O)(=O)C(C)C)cc5)csc34)CC2)N=CON1. The summed E-state index contributed by atoms with van der Waals surface area (Å²) >= 11 is 1.63. The Morgan fingerprint density at radius 3 is 2.43 bits per heavy atom. The third-order valence-corrected chi connectivity index (χ3v) is 10.4. The van der Waals surface area contributed by atoms with Crippen molar-refractivity contribution in [3.05, 3.63) is 36.0 Å². The second-order valence-electron chi connectivity index (χ2n) is 9.84. The third-order valence-electron chi connectivity index (χ3n) is 7.29. The van der Waals surface area contributed by atoms with E-state index in [1.807, 2.05) is 12.1 Å². The standard InChI is InChI=1S/C25H31N5O3S2/c1-16(2)25(28-15-33-29-25)19-9-11-30(12-10-19)24-23-22(26-14-27-24)21(13-34-23)18-5-7-20(8-6-18)35(31,32)17(3)4/h5-8,13-17,19,29H,9-12H2,1-4H3. The first-order valence-corrected chi connectivity index (χ1v) is 14.4. The summed E-state index contributed by atoms with van der Waals surface area (Å²) in [6.07, 6.45) is 5.13. The summed E-state index contributed by atoms with van der Waals surface area (Å²) in [5.74, 6) is 1.67. The molecule has 3 aromatic rings. The van der Waals surface area contributed by atoms with Crippen LogP contribution in [0, 0.1) is 11.8 Å². The first kappa shape index (κ1) is 24.1. The summed E-state index contributed by atoms with van der Waals surface area (Å²) in [5, 5.41) is 1.64. The van der Waals surface area contributed by atoms with Crippen LogP contribution < -0.4 is 10.4 Å². The second kappa shape index (κ2) is 9.15. The van der Waals surface area contributed by atoms with Crippen molar-refractivity contribution >= 4 is 43.6 Å². The van der Waals surface area contributed by atoms with Crippen molar-refractivity contribution in [2.75, 3.05) is 18.0 Å². The Labute approximate surface area is 210 Å². The first-order chi connectivity index (χ1) is 16.7. The summed E-state index contributed by atoms with van der Waals surface area (Å²) in [6.45, 7) is 9.53. The van der Waals surface area contributed by atoms with Gasteiger partial charge in [0.05, 0.1) is 20.4 Å². The second-order valence-corrected chi connectivity index (χ2v) is 13.2. The number of aromatic nitrogens is 2. The van der Waals surface area contributed by atoms with E-state index >= 15 is 0 Å². The summed E-state index contributed by atoms with van der Waals surface area (Å²) in [6, 6.07) is 7.11. The minimum Gasteiger partial charge on any atom is -0.394 e. The minimum absolute atomic E-state index is 0.324. The normalized spacial score (nSPS) is 21.4. The molecule has 2 aliphatic rings. The molecular formula is C25H31N5O3S2. The average Bonchev–Trinajstić information content (AvgIpc) is 3.53. The van der Waals surface area contributed by atoms with Crippen molar-refractivity contribution in [2.24, 2.45) is 16.8 Å². The van der Waals surface area contributed by atoms with Crippen molar-refractivity contribution in [1.82, 2.24) is 15.4 Å². The number of nitrogens with zero attached hydrogens (tertiary/aromatic N) is 4. The van der Waals surface area contributed by atoms with Gasteiger partial charge in [-0.1, -0.05) is 26.0 Å². The first-order valence-electron chi connectivity index (χ1n) is 12.0. The number of rotatable bonds is 6. The number of sulfone groups is 1. The molecule has 5 rings (SSSR count). The van der Waals surface area contributed by atoms with Crippen molar-refractivity contribution < 1.29 is 13.3 Å². The van der Waals surface area contributed by atoms with Crippen LogP contribution in [0.4, 0.5) is 5.82 Å². The maximum atomic E-state index is 12.5. The molecule has 2 aliphatic heterocycles. The molecule has 0 aliphatic carbocycles. The lowest BCUT2D eigenvalue weighted by molar-refractivity contribution is 0.0341. The Kier molecular flexibility index (Phi) is 6.31. The molecule has 1 fully saturated rings. The van der Waals surface area contributed by atoms with E-state index in [1.54, 1.807) is 43.6 Å². The topological polar surface area (TPSA) is 96.8 Å². The minimum atomic E-state index is -3.30. The lowest BCUT2D eigenvalue weighted by Gasteiger charge is -2.42. The number of nitrogens with one attached hydrogen (secondary N) is 1. The van der Waals surface area contributed by atoms with E-state index in [1.165, 1.54) is 6.40 Å². The molecule has 1 N–H and O–H groups in total. The van der Waals surface area contributed by atoms with Crippen molar-refractivity contribution in [3.8, 4) is 11.1 Å². The van der Waals surface area contributed by atoms with Gasteiger partial charge < -0.3 is 9.74 Å². The summed E-state index contributed by atoms with van der Waals surface area (Å²) in [4.78, 5) is 21.9. The molecule has 10 heteroatoms. The number of hydrogen-bond acceptors (Lipinski definition) is 9. The number of hydroxylamine groups is 1. The number of anilines is 1. The molecule has 8 nitrogen and oxygen atoms in total. The quantitative estimate of drug-likeness (QED) is 0.511. The van der Waals surface area contributed by atoms with E-state index < -0.39 is 15.1 Å². The molecule has 0 spiro atoms. The predicted octanol–water partition coefficient (Wildman–Crippen LogP) is 4.67. The molecule has 1 atom stereocenters. The van der Waals surface area contributed by atoms with E-state index in [0.29, 0.717) is 16.7 Å². The zero-order chi connectivity index (χ0) is 24.8. The Morgan fingerprint density at radius 1 is 1.11 bits per heavy atom. The zero-order valence-corrected chi connectivity index (χ0v) is 22.1. The highest BCUT2D eigenvalue weighted by atomic mass is 32.2.